The quantitative estimate of drug-likeness (QED) is 0.740. The molecule has 0 aliphatic heterocycles. The molecule has 2 aromatic carbocycles. The zero-order chi connectivity index (χ0) is 15.6. The second kappa shape index (κ2) is 6.34. The molecular formula is C15H13BrO3S2. The van der Waals surface area contributed by atoms with Gasteiger partial charge in [-0.15, -0.1) is 0 Å². The van der Waals surface area contributed by atoms with E-state index in [9.17, 15) is 13.2 Å². The number of hydrogen-bond acceptors (Lipinski definition) is 4. The lowest BCUT2D eigenvalue weighted by atomic mass is 10.2. The molecule has 6 heteroatoms. The van der Waals surface area contributed by atoms with Crippen molar-refractivity contribution in [1.29, 1.82) is 0 Å². The van der Waals surface area contributed by atoms with Crippen LogP contribution in [-0.2, 0) is 9.84 Å². The summed E-state index contributed by atoms with van der Waals surface area (Å²) in [5.74, 6) is 0.0183. The second-order valence-electron chi connectivity index (χ2n) is 4.55. The van der Waals surface area contributed by atoms with Gasteiger partial charge in [0.25, 0.3) is 0 Å². The molecule has 2 aromatic rings. The third-order valence-corrected chi connectivity index (χ3v) is 5.95. The number of sulfone groups is 1. The van der Waals surface area contributed by atoms with Crippen LogP contribution in [-0.4, -0.2) is 20.5 Å². The summed E-state index contributed by atoms with van der Waals surface area (Å²) in [7, 11) is -3.17. The molecule has 0 aromatic heterocycles. The van der Waals surface area contributed by atoms with E-state index in [4.69, 9.17) is 0 Å². The van der Waals surface area contributed by atoms with E-state index in [0.717, 1.165) is 14.3 Å². The molecule has 0 N–H and O–H groups in total. The highest BCUT2D eigenvalue weighted by atomic mass is 79.9. The number of ketones is 1. The molecule has 0 aliphatic rings. The Morgan fingerprint density at radius 1 is 1.10 bits per heavy atom. The van der Waals surface area contributed by atoms with Gasteiger partial charge >= 0.3 is 0 Å². The van der Waals surface area contributed by atoms with Crippen molar-refractivity contribution in [1.82, 2.24) is 0 Å². The van der Waals surface area contributed by atoms with E-state index < -0.39 is 9.84 Å². The molecule has 0 heterocycles. The number of carbonyl (C=O) groups is 1. The van der Waals surface area contributed by atoms with Crippen molar-refractivity contribution >= 4 is 43.3 Å². The van der Waals surface area contributed by atoms with Crippen molar-refractivity contribution in [2.45, 2.75) is 21.6 Å². The number of benzene rings is 2. The third-order valence-electron chi connectivity index (χ3n) is 2.82. The first kappa shape index (κ1) is 16.3. The maximum atomic E-state index is 11.4. The molecule has 0 bridgehead atoms. The smallest absolute Gasteiger partial charge is 0.175 e. The Bertz CT molecular complexity index is 781. The Morgan fingerprint density at radius 2 is 1.71 bits per heavy atom. The molecule has 0 atom stereocenters. The van der Waals surface area contributed by atoms with Crippen LogP contribution in [0.2, 0.25) is 0 Å². The summed E-state index contributed by atoms with van der Waals surface area (Å²) >= 11 is 4.95. The fraction of sp³-hybridized carbons (Fsp3) is 0.133. The summed E-state index contributed by atoms with van der Waals surface area (Å²) in [4.78, 5) is 13.5. The molecule has 3 nitrogen and oxygen atoms in total. The van der Waals surface area contributed by atoms with Crippen LogP contribution in [0.5, 0.6) is 0 Å². The lowest BCUT2D eigenvalue weighted by Gasteiger charge is -2.06. The fourth-order valence-electron chi connectivity index (χ4n) is 1.68. The fourth-order valence-corrected chi connectivity index (χ4v) is 3.76. The molecule has 0 saturated carbocycles. The minimum atomic E-state index is -3.17. The van der Waals surface area contributed by atoms with Crippen molar-refractivity contribution in [2.75, 3.05) is 6.26 Å². The van der Waals surface area contributed by atoms with Crippen LogP contribution < -0.4 is 0 Å². The lowest BCUT2D eigenvalue weighted by Crippen LogP contribution is -1.96. The number of carbonyl (C=O) groups excluding carboxylic acids is 1. The Hall–Kier alpha value is -1.11. The van der Waals surface area contributed by atoms with Crippen LogP contribution in [0.4, 0.5) is 0 Å². The summed E-state index contributed by atoms with van der Waals surface area (Å²) < 4.78 is 23.7. The van der Waals surface area contributed by atoms with Crippen molar-refractivity contribution in [3.8, 4) is 0 Å². The van der Waals surface area contributed by atoms with E-state index in [1.54, 1.807) is 36.4 Å². The minimum absolute atomic E-state index is 0.0183. The minimum Gasteiger partial charge on any atom is -0.295 e. The average Bonchev–Trinajstić information content (AvgIpc) is 2.40. The standard InChI is InChI=1S/C15H13BrO3S2/c1-10(17)11-3-8-15(14(16)9-11)20-12-4-6-13(7-5-12)21(2,18)19/h3-9H,1-2H3. The summed E-state index contributed by atoms with van der Waals surface area (Å²) in [5.41, 5.74) is 0.652. The molecule has 0 aliphatic carbocycles. The molecule has 0 fully saturated rings. The SMILES string of the molecule is CC(=O)c1ccc(Sc2ccc(S(C)(=O)=O)cc2)c(Br)c1. The largest absolute Gasteiger partial charge is 0.295 e. The molecule has 0 spiro atoms. The van der Waals surface area contributed by atoms with Crippen LogP contribution in [0.15, 0.2) is 61.6 Å². The van der Waals surface area contributed by atoms with E-state index in [0.29, 0.717) is 10.5 Å². The summed E-state index contributed by atoms with van der Waals surface area (Å²) in [6.45, 7) is 1.53. The summed E-state index contributed by atoms with van der Waals surface area (Å²) in [6.07, 6.45) is 1.19. The van der Waals surface area contributed by atoms with Gasteiger partial charge in [0.2, 0.25) is 0 Å². The van der Waals surface area contributed by atoms with Gasteiger partial charge in [0.15, 0.2) is 15.6 Å². The number of rotatable bonds is 4. The lowest BCUT2D eigenvalue weighted by molar-refractivity contribution is 0.101. The van der Waals surface area contributed by atoms with Gasteiger partial charge in [-0.05, 0) is 59.3 Å². The van der Waals surface area contributed by atoms with Crippen molar-refractivity contribution in [2.24, 2.45) is 0 Å². The van der Waals surface area contributed by atoms with Crippen LogP contribution in [0, 0.1) is 0 Å². The van der Waals surface area contributed by atoms with Crippen LogP contribution in [0.3, 0.4) is 0 Å². The van der Waals surface area contributed by atoms with E-state index in [1.165, 1.54) is 24.9 Å². The molecule has 0 unspecified atom stereocenters. The van der Waals surface area contributed by atoms with Gasteiger partial charge in [-0.3, -0.25) is 4.79 Å². The second-order valence-corrected chi connectivity index (χ2v) is 8.53. The highest BCUT2D eigenvalue weighted by molar-refractivity contribution is 9.10. The van der Waals surface area contributed by atoms with Crippen LogP contribution >= 0.6 is 27.7 Å². The molecule has 2 rings (SSSR count). The van der Waals surface area contributed by atoms with Crippen molar-refractivity contribution in [3.05, 3.63) is 52.5 Å². The van der Waals surface area contributed by atoms with E-state index in [-0.39, 0.29) is 5.78 Å². The zero-order valence-corrected chi connectivity index (χ0v) is 14.7. The van der Waals surface area contributed by atoms with Crippen LogP contribution in [0.25, 0.3) is 0 Å². The van der Waals surface area contributed by atoms with Crippen molar-refractivity contribution in [3.63, 3.8) is 0 Å². The maximum Gasteiger partial charge on any atom is 0.175 e. The van der Waals surface area contributed by atoms with Gasteiger partial charge in [0.05, 0.1) is 4.90 Å². The summed E-state index contributed by atoms with van der Waals surface area (Å²) in [6, 6.07) is 12.2. The Labute approximate surface area is 136 Å². The Kier molecular flexibility index (Phi) is 4.91. The van der Waals surface area contributed by atoms with Crippen LogP contribution in [0.1, 0.15) is 17.3 Å². The predicted octanol–water partition coefficient (Wildman–Crippen LogP) is 4.21. The summed E-state index contributed by atoms with van der Waals surface area (Å²) in [5, 5.41) is 0. The number of halogens is 1. The van der Waals surface area contributed by atoms with Gasteiger partial charge in [0, 0.05) is 26.1 Å². The normalized spacial score (nSPS) is 11.4. The van der Waals surface area contributed by atoms with Gasteiger partial charge in [0.1, 0.15) is 0 Å². The number of Topliss-reactive ketones (excluding diaryl/α,β-unsaturated/α-hetero) is 1. The number of hydrogen-bond donors (Lipinski definition) is 0. The van der Waals surface area contributed by atoms with E-state index in [1.807, 2.05) is 6.07 Å². The van der Waals surface area contributed by atoms with E-state index in [2.05, 4.69) is 15.9 Å². The zero-order valence-electron chi connectivity index (χ0n) is 11.5. The molecular weight excluding hydrogens is 372 g/mol. The van der Waals surface area contributed by atoms with Gasteiger partial charge in [-0.1, -0.05) is 17.8 Å². The van der Waals surface area contributed by atoms with Gasteiger partial charge < -0.3 is 0 Å². The average molecular weight is 385 g/mol. The molecule has 21 heavy (non-hydrogen) atoms. The predicted molar refractivity (Wildman–Crippen MR) is 87.8 cm³/mol. The van der Waals surface area contributed by atoms with Gasteiger partial charge in [-0.25, -0.2) is 8.42 Å². The van der Waals surface area contributed by atoms with E-state index >= 15 is 0 Å². The molecule has 0 saturated heterocycles. The highest BCUT2D eigenvalue weighted by Crippen LogP contribution is 2.34. The first-order chi connectivity index (χ1) is 9.77. The first-order valence-electron chi connectivity index (χ1n) is 6.06. The third kappa shape index (κ3) is 4.18. The molecule has 0 radical (unpaired) electrons. The maximum absolute atomic E-state index is 11.4. The monoisotopic (exact) mass is 384 g/mol. The molecule has 110 valence electrons. The van der Waals surface area contributed by atoms with Gasteiger partial charge in [-0.2, -0.15) is 0 Å². The molecule has 0 amide bonds. The topological polar surface area (TPSA) is 51.2 Å². The Morgan fingerprint density at radius 3 is 2.19 bits per heavy atom. The van der Waals surface area contributed by atoms with Crippen molar-refractivity contribution < 1.29 is 13.2 Å². The Balaban J connectivity index is 2.24. The highest BCUT2D eigenvalue weighted by Gasteiger charge is 2.09. The first-order valence-corrected chi connectivity index (χ1v) is 9.56.